The van der Waals surface area contributed by atoms with Gasteiger partial charge in [-0.1, -0.05) is 41.4 Å². The average molecular weight is 358 g/mol. The number of rotatable bonds is 2. The van der Waals surface area contributed by atoms with Crippen molar-refractivity contribution in [1.82, 2.24) is 4.90 Å². The van der Waals surface area contributed by atoms with Crippen molar-refractivity contribution in [3.63, 3.8) is 0 Å². The number of hydrogen-bond acceptors (Lipinski definition) is 1. The van der Waals surface area contributed by atoms with Crippen LogP contribution in [0.25, 0.3) is 5.57 Å². The summed E-state index contributed by atoms with van der Waals surface area (Å²) in [4.78, 5) is 14.6. The van der Waals surface area contributed by atoms with Crippen LogP contribution < -0.4 is 0 Å². The van der Waals surface area contributed by atoms with Gasteiger partial charge in [-0.2, -0.15) is 0 Å². The lowest BCUT2D eigenvalue weighted by atomic mass is 9.98. The fraction of sp³-hybridized carbons (Fsp3) is 0.250. The zero-order valence-corrected chi connectivity index (χ0v) is 14.7. The van der Waals surface area contributed by atoms with Crippen LogP contribution >= 0.6 is 23.2 Å². The molecule has 0 radical (unpaired) electrons. The third kappa shape index (κ3) is 2.97. The van der Waals surface area contributed by atoms with Crippen molar-refractivity contribution in [2.45, 2.75) is 19.3 Å². The molecule has 122 valence electrons. The molecule has 0 fully saturated rings. The molecule has 0 saturated heterocycles. The Balaban J connectivity index is 1.49. The van der Waals surface area contributed by atoms with Crippen molar-refractivity contribution in [2.75, 3.05) is 13.1 Å². The van der Waals surface area contributed by atoms with E-state index in [1.807, 2.05) is 35.2 Å². The van der Waals surface area contributed by atoms with Crippen molar-refractivity contribution in [3.8, 4) is 0 Å². The van der Waals surface area contributed by atoms with Crippen LogP contribution in [0.3, 0.4) is 0 Å². The highest BCUT2D eigenvalue weighted by Gasteiger charge is 2.29. The van der Waals surface area contributed by atoms with Crippen LogP contribution in [0.2, 0.25) is 10.0 Å². The second kappa shape index (κ2) is 6.27. The van der Waals surface area contributed by atoms with E-state index in [4.69, 9.17) is 23.2 Å². The molecule has 0 aromatic heterocycles. The number of nitrogens with zero attached hydrogens (tertiary/aromatic N) is 1. The quantitative estimate of drug-likeness (QED) is 0.757. The van der Waals surface area contributed by atoms with Gasteiger partial charge in [-0.15, -0.1) is 0 Å². The molecule has 2 aromatic carbocycles. The predicted octanol–water partition coefficient (Wildman–Crippen LogP) is 4.78. The summed E-state index contributed by atoms with van der Waals surface area (Å²) < 4.78 is 0. The highest BCUT2D eigenvalue weighted by atomic mass is 35.5. The van der Waals surface area contributed by atoms with Gasteiger partial charge in [-0.25, -0.2) is 0 Å². The monoisotopic (exact) mass is 357 g/mol. The molecule has 2 aromatic rings. The summed E-state index contributed by atoms with van der Waals surface area (Å²) in [6.07, 6.45) is 2.24. The minimum absolute atomic E-state index is 0.165. The molecular weight excluding hydrogens is 341 g/mol. The molecule has 0 N–H and O–H groups in total. The lowest BCUT2D eigenvalue weighted by Crippen LogP contribution is -2.37. The zero-order chi connectivity index (χ0) is 16.7. The van der Waals surface area contributed by atoms with Gasteiger partial charge in [-0.05, 0) is 64.9 Å². The Morgan fingerprint density at radius 1 is 1.08 bits per heavy atom. The van der Waals surface area contributed by atoms with Crippen molar-refractivity contribution in [2.24, 2.45) is 0 Å². The lowest BCUT2D eigenvalue weighted by molar-refractivity contribution is -0.130. The van der Waals surface area contributed by atoms with Crippen LogP contribution in [-0.4, -0.2) is 23.9 Å². The summed E-state index contributed by atoms with van der Waals surface area (Å²) in [5.41, 5.74) is 6.32. The first-order valence-corrected chi connectivity index (χ1v) is 8.87. The maximum atomic E-state index is 12.6. The fourth-order valence-electron chi connectivity index (χ4n) is 3.68. The van der Waals surface area contributed by atoms with Gasteiger partial charge in [0.2, 0.25) is 5.91 Å². The summed E-state index contributed by atoms with van der Waals surface area (Å²) in [5, 5.41) is 1.45. The summed E-state index contributed by atoms with van der Waals surface area (Å²) >= 11 is 12.1. The molecule has 1 heterocycles. The molecular formula is C20H17Cl2NO. The minimum Gasteiger partial charge on any atom is -0.338 e. The first-order chi connectivity index (χ1) is 11.6. The van der Waals surface area contributed by atoms with Crippen molar-refractivity contribution in [1.29, 1.82) is 0 Å². The number of amides is 1. The zero-order valence-electron chi connectivity index (χ0n) is 13.2. The molecule has 4 rings (SSSR count). The fourth-order valence-corrected chi connectivity index (χ4v) is 4.06. The smallest absolute Gasteiger partial charge is 0.227 e. The minimum atomic E-state index is 0.165. The number of benzene rings is 2. The highest BCUT2D eigenvalue weighted by Crippen LogP contribution is 2.39. The van der Waals surface area contributed by atoms with Gasteiger partial charge in [-0.3, -0.25) is 4.79 Å². The standard InChI is InChI=1S/C20H17Cl2NO/c21-16-3-1-2-13(8-16)9-20(24)23-7-6-18-15(12-23)10-14-4-5-17(22)11-19(14)18/h1-5,8,11H,6-7,9-10,12H2. The molecule has 4 heteroatoms. The van der Waals surface area contributed by atoms with Crippen LogP contribution in [0, 0.1) is 0 Å². The molecule has 24 heavy (non-hydrogen) atoms. The van der Waals surface area contributed by atoms with Crippen molar-refractivity contribution >= 4 is 34.7 Å². The van der Waals surface area contributed by atoms with E-state index in [9.17, 15) is 4.79 Å². The Kier molecular flexibility index (Phi) is 4.11. The van der Waals surface area contributed by atoms with Crippen LogP contribution in [-0.2, 0) is 17.6 Å². The number of hydrogen-bond donors (Lipinski definition) is 0. The number of fused-ring (bicyclic) bond motifs is 2. The van der Waals surface area contributed by atoms with Crippen LogP contribution in [0.15, 0.2) is 48.0 Å². The lowest BCUT2D eigenvalue weighted by Gasteiger charge is -2.29. The van der Waals surface area contributed by atoms with Crippen LogP contribution in [0.4, 0.5) is 0 Å². The second-order valence-electron chi connectivity index (χ2n) is 6.43. The Bertz CT molecular complexity index is 856. The molecule has 0 unspecified atom stereocenters. The topological polar surface area (TPSA) is 20.3 Å². The van der Waals surface area contributed by atoms with Crippen LogP contribution in [0.1, 0.15) is 23.1 Å². The Labute approximate surface area is 151 Å². The first-order valence-electron chi connectivity index (χ1n) is 8.12. The van der Waals surface area contributed by atoms with Crippen molar-refractivity contribution < 1.29 is 4.79 Å². The third-order valence-corrected chi connectivity index (χ3v) is 5.31. The molecule has 2 aliphatic rings. The van der Waals surface area contributed by atoms with E-state index >= 15 is 0 Å². The maximum Gasteiger partial charge on any atom is 0.227 e. The van der Waals surface area contributed by atoms with Gasteiger partial charge in [0.1, 0.15) is 0 Å². The SMILES string of the molecule is O=C(Cc1cccc(Cl)c1)N1CCC2=C(Cc3ccc(Cl)cc32)C1. The second-order valence-corrected chi connectivity index (χ2v) is 7.31. The number of carbonyl (C=O) groups excluding carboxylic acids is 1. The van der Waals surface area contributed by atoms with Crippen LogP contribution in [0.5, 0.6) is 0 Å². The van der Waals surface area contributed by atoms with Gasteiger partial charge in [0, 0.05) is 23.1 Å². The summed E-state index contributed by atoms with van der Waals surface area (Å²) in [5.74, 6) is 0.165. The molecule has 2 nitrogen and oxygen atoms in total. The Morgan fingerprint density at radius 2 is 1.92 bits per heavy atom. The van der Waals surface area contributed by atoms with Gasteiger partial charge in [0.15, 0.2) is 0 Å². The maximum absolute atomic E-state index is 12.6. The summed E-state index contributed by atoms with van der Waals surface area (Å²) in [7, 11) is 0. The van der Waals surface area contributed by atoms with E-state index in [1.54, 1.807) is 0 Å². The summed E-state index contributed by atoms with van der Waals surface area (Å²) in [6.45, 7) is 1.49. The van der Waals surface area contributed by atoms with Gasteiger partial charge < -0.3 is 4.90 Å². The van der Waals surface area contributed by atoms with Crippen molar-refractivity contribution in [3.05, 3.63) is 74.8 Å². The average Bonchev–Trinajstić information content (AvgIpc) is 2.92. The van der Waals surface area contributed by atoms with E-state index in [1.165, 1.54) is 22.3 Å². The largest absolute Gasteiger partial charge is 0.338 e. The van der Waals surface area contributed by atoms with E-state index in [0.717, 1.165) is 36.5 Å². The molecule has 0 saturated carbocycles. The van der Waals surface area contributed by atoms with E-state index in [2.05, 4.69) is 12.1 Å². The molecule has 0 atom stereocenters. The Morgan fingerprint density at radius 3 is 2.75 bits per heavy atom. The Hall–Kier alpha value is -1.77. The van der Waals surface area contributed by atoms with Gasteiger partial charge in [0.25, 0.3) is 0 Å². The number of halogens is 2. The molecule has 1 aliphatic heterocycles. The third-order valence-electron chi connectivity index (χ3n) is 4.84. The van der Waals surface area contributed by atoms with Gasteiger partial charge in [0.05, 0.1) is 6.42 Å². The molecule has 1 amide bonds. The number of carbonyl (C=O) groups is 1. The predicted molar refractivity (Wildman–Crippen MR) is 98.4 cm³/mol. The van der Waals surface area contributed by atoms with E-state index in [0.29, 0.717) is 11.4 Å². The highest BCUT2D eigenvalue weighted by molar-refractivity contribution is 6.31. The molecule has 0 bridgehead atoms. The van der Waals surface area contributed by atoms with E-state index in [-0.39, 0.29) is 5.91 Å². The molecule has 1 aliphatic carbocycles. The summed E-state index contributed by atoms with van der Waals surface area (Å²) in [6, 6.07) is 13.6. The first kappa shape index (κ1) is 15.7. The molecule has 0 spiro atoms. The van der Waals surface area contributed by atoms with E-state index < -0.39 is 0 Å². The normalized spacial score (nSPS) is 16.2. The van der Waals surface area contributed by atoms with Gasteiger partial charge >= 0.3 is 0 Å².